The molecule has 1 fully saturated rings. The molecule has 15 heavy (non-hydrogen) atoms. The van der Waals surface area contributed by atoms with E-state index in [4.69, 9.17) is 16.7 Å². The van der Waals surface area contributed by atoms with Crippen molar-refractivity contribution in [2.75, 3.05) is 29.5 Å². The number of aliphatic hydroxyl groups excluding tert-OH is 1. The number of thiazole rings is 1. The van der Waals surface area contributed by atoms with Crippen molar-refractivity contribution in [1.29, 1.82) is 0 Å². The lowest BCUT2D eigenvalue weighted by Gasteiger charge is -2.17. The third kappa shape index (κ3) is 2.78. The predicted molar refractivity (Wildman–Crippen MR) is 67.2 cm³/mol. The summed E-state index contributed by atoms with van der Waals surface area (Å²) in [7, 11) is 0. The summed E-state index contributed by atoms with van der Waals surface area (Å²) in [6.45, 7) is 2.06. The largest absolute Gasteiger partial charge is 0.391 e. The molecule has 0 spiro atoms. The van der Waals surface area contributed by atoms with Gasteiger partial charge in [0.15, 0.2) is 5.13 Å². The Balaban J connectivity index is 2.12. The van der Waals surface area contributed by atoms with Gasteiger partial charge in [-0.25, -0.2) is 4.98 Å². The van der Waals surface area contributed by atoms with Gasteiger partial charge in [-0.05, 0) is 12.2 Å². The fourth-order valence-corrected chi connectivity index (χ4v) is 3.55. The van der Waals surface area contributed by atoms with Gasteiger partial charge in [-0.2, -0.15) is 11.8 Å². The Kier molecular flexibility index (Phi) is 4.13. The van der Waals surface area contributed by atoms with E-state index in [2.05, 4.69) is 9.88 Å². The first-order valence-electron chi connectivity index (χ1n) is 4.90. The summed E-state index contributed by atoms with van der Waals surface area (Å²) in [6, 6.07) is 0. The zero-order chi connectivity index (χ0) is 10.7. The number of thioether (sulfide) groups is 1. The molecule has 1 aliphatic heterocycles. The Morgan fingerprint density at radius 2 is 2.27 bits per heavy atom. The van der Waals surface area contributed by atoms with Crippen LogP contribution in [0.2, 0.25) is 5.15 Å². The minimum absolute atomic E-state index is 0.0148. The van der Waals surface area contributed by atoms with Gasteiger partial charge in [0.25, 0.3) is 0 Å². The van der Waals surface area contributed by atoms with Crippen LogP contribution >= 0.6 is 34.7 Å². The lowest BCUT2D eigenvalue weighted by Crippen LogP contribution is -2.25. The van der Waals surface area contributed by atoms with Gasteiger partial charge < -0.3 is 10.0 Å². The van der Waals surface area contributed by atoms with Crippen LogP contribution in [-0.2, 0) is 6.61 Å². The monoisotopic (exact) mass is 264 g/mol. The van der Waals surface area contributed by atoms with Gasteiger partial charge in [0.2, 0.25) is 0 Å². The molecule has 1 saturated heterocycles. The Bertz CT molecular complexity index is 324. The number of aliphatic hydroxyl groups is 1. The number of aromatic nitrogens is 1. The second-order valence-electron chi connectivity index (χ2n) is 3.32. The minimum Gasteiger partial charge on any atom is -0.391 e. The van der Waals surface area contributed by atoms with Gasteiger partial charge in [0, 0.05) is 18.8 Å². The van der Waals surface area contributed by atoms with Crippen molar-refractivity contribution in [1.82, 2.24) is 4.98 Å². The molecule has 2 heterocycles. The van der Waals surface area contributed by atoms with Crippen LogP contribution < -0.4 is 4.90 Å². The highest BCUT2D eigenvalue weighted by Crippen LogP contribution is 2.30. The van der Waals surface area contributed by atoms with E-state index in [0.717, 1.165) is 28.9 Å². The fraction of sp³-hybridized carbons (Fsp3) is 0.667. The van der Waals surface area contributed by atoms with E-state index in [1.54, 1.807) is 0 Å². The molecule has 0 bridgehead atoms. The molecule has 0 aromatic carbocycles. The molecule has 0 atom stereocenters. The summed E-state index contributed by atoms with van der Waals surface area (Å²) in [4.78, 5) is 7.31. The van der Waals surface area contributed by atoms with E-state index in [0.29, 0.717) is 5.15 Å². The van der Waals surface area contributed by atoms with Crippen molar-refractivity contribution in [2.45, 2.75) is 13.0 Å². The molecule has 1 aromatic rings. The van der Waals surface area contributed by atoms with Gasteiger partial charge >= 0.3 is 0 Å². The average molecular weight is 265 g/mol. The number of nitrogens with zero attached hydrogens (tertiary/aromatic N) is 2. The van der Waals surface area contributed by atoms with Gasteiger partial charge in [-0.1, -0.05) is 22.9 Å². The Morgan fingerprint density at radius 3 is 3.00 bits per heavy atom. The van der Waals surface area contributed by atoms with Crippen molar-refractivity contribution in [3.63, 3.8) is 0 Å². The first-order chi connectivity index (χ1) is 7.31. The van der Waals surface area contributed by atoms with Crippen molar-refractivity contribution in [3.05, 3.63) is 10.0 Å². The molecule has 84 valence electrons. The normalized spacial score (nSPS) is 17.9. The first-order valence-corrected chi connectivity index (χ1v) is 7.25. The van der Waals surface area contributed by atoms with Crippen molar-refractivity contribution in [2.24, 2.45) is 0 Å². The standard InChI is InChI=1S/C9H13ClN2OS2/c10-8-7(6-13)15-9(11-8)12-2-1-4-14-5-3-12/h13H,1-6H2. The smallest absolute Gasteiger partial charge is 0.187 e. The van der Waals surface area contributed by atoms with Crippen LogP contribution in [0.4, 0.5) is 5.13 Å². The quantitative estimate of drug-likeness (QED) is 0.889. The van der Waals surface area contributed by atoms with E-state index in [9.17, 15) is 0 Å². The summed E-state index contributed by atoms with van der Waals surface area (Å²) < 4.78 is 0. The summed E-state index contributed by atoms with van der Waals surface area (Å²) in [5.41, 5.74) is 0. The van der Waals surface area contributed by atoms with Crippen molar-refractivity contribution < 1.29 is 5.11 Å². The van der Waals surface area contributed by atoms with Crippen molar-refractivity contribution >= 4 is 39.8 Å². The SMILES string of the molecule is OCc1sc(N2CCCSCC2)nc1Cl. The maximum absolute atomic E-state index is 9.05. The third-order valence-electron chi connectivity index (χ3n) is 2.27. The van der Waals surface area contributed by atoms with Crippen LogP contribution in [0.25, 0.3) is 0 Å². The molecule has 0 aliphatic carbocycles. The number of halogens is 1. The van der Waals surface area contributed by atoms with Crippen LogP contribution in [-0.4, -0.2) is 34.7 Å². The van der Waals surface area contributed by atoms with E-state index in [-0.39, 0.29) is 6.61 Å². The topological polar surface area (TPSA) is 36.4 Å². The average Bonchev–Trinajstić information content (AvgIpc) is 2.48. The molecule has 0 radical (unpaired) electrons. The molecule has 6 heteroatoms. The number of rotatable bonds is 2. The van der Waals surface area contributed by atoms with Crippen LogP contribution in [0.3, 0.4) is 0 Å². The molecular formula is C9H13ClN2OS2. The van der Waals surface area contributed by atoms with Crippen LogP contribution in [0.1, 0.15) is 11.3 Å². The lowest BCUT2D eigenvalue weighted by molar-refractivity contribution is 0.285. The third-order valence-corrected chi connectivity index (χ3v) is 4.85. The maximum atomic E-state index is 9.05. The van der Waals surface area contributed by atoms with Gasteiger partial charge in [-0.15, -0.1) is 0 Å². The molecule has 1 aliphatic rings. The van der Waals surface area contributed by atoms with Crippen LogP contribution in [0, 0.1) is 0 Å². The van der Waals surface area contributed by atoms with E-state index >= 15 is 0 Å². The van der Waals surface area contributed by atoms with E-state index in [1.165, 1.54) is 23.5 Å². The molecular weight excluding hydrogens is 252 g/mol. The summed E-state index contributed by atoms with van der Waals surface area (Å²) >= 11 is 9.40. The summed E-state index contributed by atoms with van der Waals surface area (Å²) in [5, 5.41) is 10.5. The molecule has 1 aromatic heterocycles. The highest BCUT2D eigenvalue weighted by atomic mass is 35.5. The van der Waals surface area contributed by atoms with Crippen LogP contribution in [0.5, 0.6) is 0 Å². The minimum atomic E-state index is -0.0148. The Hall–Kier alpha value is 0.0300. The fourth-order valence-electron chi connectivity index (χ4n) is 1.49. The number of hydrogen-bond acceptors (Lipinski definition) is 5. The highest BCUT2D eigenvalue weighted by Gasteiger charge is 2.16. The zero-order valence-electron chi connectivity index (χ0n) is 8.28. The molecule has 0 saturated carbocycles. The molecule has 3 nitrogen and oxygen atoms in total. The van der Waals surface area contributed by atoms with E-state index < -0.39 is 0 Å². The zero-order valence-corrected chi connectivity index (χ0v) is 10.7. The molecule has 0 amide bonds. The molecule has 1 N–H and O–H groups in total. The van der Waals surface area contributed by atoms with Crippen molar-refractivity contribution in [3.8, 4) is 0 Å². The Labute approximate surface area is 102 Å². The van der Waals surface area contributed by atoms with E-state index in [1.807, 2.05) is 11.8 Å². The highest BCUT2D eigenvalue weighted by molar-refractivity contribution is 7.99. The summed E-state index contributed by atoms with van der Waals surface area (Å²) in [6.07, 6.45) is 1.19. The lowest BCUT2D eigenvalue weighted by atomic mass is 10.4. The summed E-state index contributed by atoms with van der Waals surface area (Å²) in [5.74, 6) is 2.37. The maximum Gasteiger partial charge on any atom is 0.187 e. The van der Waals surface area contributed by atoms with Gasteiger partial charge in [0.05, 0.1) is 11.5 Å². The van der Waals surface area contributed by atoms with Gasteiger partial charge in [0.1, 0.15) is 5.15 Å². The number of hydrogen-bond donors (Lipinski definition) is 1. The molecule has 2 rings (SSSR count). The second-order valence-corrected chi connectivity index (χ2v) is 5.97. The number of anilines is 1. The van der Waals surface area contributed by atoms with Crippen LogP contribution in [0.15, 0.2) is 0 Å². The van der Waals surface area contributed by atoms with Gasteiger partial charge in [-0.3, -0.25) is 0 Å². The Morgan fingerprint density at radius 1 is 1.40 bits per heavy atom. The second kappa shape index (κ2) is 5.39. The first kappa shape index (κ1) is 11.5. The predicted octanol–water partition coefficient (Wildman–Crippen LogP) is 2.23. The molecule has 0 unspecified atom stereocenters.